The van der Waals surface area contributed by atoms with Crippen LogP contribution in [0.15, 0.2) is 40.9 Å². The van der Waals surface area contributed by atoms with Crippen LogP contribution in [0.5, 0.6) is 0 Å². The van der Waals surface area contributed by atoms with E-state index in [1.807, 2.05) is 5.38 Å². The number of thiophene rings is 1. The molecule has 1 heterocycles. The van der Waals surface area contributed by atoms with E-state index in [4.69, 9.17) is 23.1 Å². The first-order valence-electron chi connectivity index (χ1n) is 6.15. The van der Waals surface area contributed by atoms with E-state index in [0.717, 1.165) is 11.1 Å². The number of halogens is 1. The van der Waals surface area contributed by atoms with Crippen molar-refractivity contribution in [2.24, 2.45) is 16.6 Å². The molecule has 0 bridgehead atoms. The maximum absolute atomic E-state index is 12.1. The van der Waals surface area contributed by atoms with Gasteiger partial charge in [0.05, 0.1) is 4.34 Å². The number of nitrogens with two attached hydrogens (primary N) is 2. The molecule has 0 amide bonds. The first-order valence-corrected chi connectivity index (χ1v) is 8.98. The van der Waals surface area contributed by atoms with E-state index >= 15 is 0 Å². The lowest BCUT2D eigenvalue weighted by Gasteiger charge is -2.04. The Morgan fingerprint density at radius 1 is 1.26 bits per heavy atom. The molecule has 0 atom stereocenters. The smallest absolute Gasteiger partial charge is 0.336 e. The van der Waals surface area contributed by atoms with Crippen LogP contribution >= 0.6 is 22.9 Å². The summed E-state index contributed by atoms with van der Waals surface area (Å²) in [6.45, 7) is 0. The van der Waals surface area contributed by atoms with Gasteiger partial charge in [-0.1, -0.05) is 29.8 Å². The fourth-order valence-corrected chi connectivity index (χ4v) is 3.33. The molecule has 4 N–H and O–H groups in total. The van der Waals surface area contributed by atoms with Crippen LogP contribution in [-0.2, 0) is 14.4 Å². The van der Waals surface area contributed by atoms with Crippen LogP contribution in [0.1, 0.15) is 10.4 Å². The molecule has 2 rings (SSSR count). The molecule has 0 spiro atoms. The van der Waals surface area contributed by atoms with Gasteiger partial charge in [0.2, 0.25) is 5.96 Å². The lowest BCUT2D eigenvalue weighted by Crippen LogP contribution is -2.25. The summed E-state index contributed by atoms with van der Waals surface area (Å²) in [6.07, 6.45) is 0. The molecule has 0 saturated carbocycles. The second kappa shape index (κ2) is 6.99. The van der Waals surface area contributed by atoms with Crippen LogP contribution in [0.4, 0.5) is 0 Å². The van der Waals surface area contributed by atoms with Crippen LogP contribution in [0, 0.1) is 0 Å². The van der Waals surface area contributed by atoms with Gasteiger partial charge < -0.3 is 11.5 Å². The number of guanidine groups is 1. The summed E-state index contributed by atoms with van der Waals surface area (Å²) in [5.74, 6) is -2.08. The number of carbonyl (C=O) groups is 1. The summed E-state index contributed by atoms with van der Waals surface area (Å²) in [4.78, 5) is 12.1. The number of rotatable bonds is 6. The van der Waals surface area contributed by atoms with Gasteiger partial charge in [0.1, 0.15) is 0 Å². The quantitative estimate of drug-likeness (QED) is 0.344. The van der Waals surface area contributed by atoms with E-state index in [9.17, 15) is 13.2 Å². The first kappa shape index (κ1) is 17.3. The molecule has 1 aromatic carbocycles. The monoisotopic (exact) mass is 373 g/mol. The van der Waals surface area contributed by atoms with Gasteiger partial charge in [-0.15, -0.1) is 11.3 Å². The largest absolute Gasteiger partial charge is 0.367 e. The van der Waals surface area contributed by atoms with Crippen LogP contribution in [0.25, 0.3) is 11.1 Å². The van der Waals surface area contributed by atoms with Gasteiger partial charge in [0.25, 0.3) is 0 Å². The molecule has 0 aliphatic rings. The maximum atomic E-state index is 12.1. The fraction of sp³-hybridized carbons (Fsp3) is 0.0769. The molecule has 23 heavy (non-hydrogen) atoms. The average Bonchev–Trinajstić information content (AvgIpc) is 2.92. The zero-order valence-corrected chi connectivity index (χ0v) is 14.0. The van der Waals surface area contributed by atoms with E-state index in [1.165, 1.54) is 17.4 Å². The topological polar surface area (TPSA) is 125 Å². The minimum absolute atomic E-state index is 0.224. The molecule has 1 aromatic heterocycles. The third-order valence-electron chi connectivity index (χ3n) is 2.65. The minimum Gasteiger partial charge on any atom is -0.367 e. The summed E-state index contributed by atoms with van der Waals surface area (Å²) in [5, 5.41) is 4.77. The predicted octanol–water partition coefficient (Wildman–Crippen LogP) is 1.79. The summed E-state index contributed by atoms with van der Waals surface area (Å²) in [5.41, 5.74) is 11.8. The number of carbonyl (C=O) groups excluding carboxylic acids is 1. The second-order valence-electron chi connectivity index (χ2n) is 4.44. The molecule has 122 valence electrons. The third-order valence-corrected chi connectivity index (χ3v) is 4.66. The molecule has 0 aliphatic heterocycles. The average molecular weight is 374 g/mol. The maximum Gasteiger partial charge on any atom is 0.336 e. The fourth-order valence-electron chi connectivity index (χ4n) is 1.70. The van der Waals surface area contributed by atoms with Gasteiger partial charge in [0, 0.05) is 10.9 Å². The number of nitrogens with zero attached hydrogens (tertiary/aromatic N) is 1. The molecule has 0 unspecified atom stereocenters. The SMILES string of the molecule is NC(N)=NOS(=O)(=O)CC(=O)c1cccc(-c2csc(Cl)c2)c1. The summed E-state index contributed by atoms with van der Waals surface area (Å²) < 4.78 is 28.0. The highest BCUT2D eigenvalue weighted by atomic mass is 35.5. The molecular weight excluding hydrogens is 362 g/mol. The molecule has 0 radical (unpaired) electrons. The molecule has 0 saturated heterocycles. The lowest BCUT2D eigenvalue weighted by molar-refractivity contribution is 0.101. The molecule has 0 aliphatic carbocycles. The van der Waals surface area contributed by atoms with E-state index in [1.54, 1.807) is 24.3 Å². The number of Topliss-reactive ketones (excluding diaryl/α,β-unsaturated/α-hetero) is 1. The van der Waals surface area contributed by atoms with Crippen molar-refractivity contribution in [3.63, 3.8) is 0 Å². The number of oxime groups is 1. The molecular formula is C13H12ClN3O4S2. The zero-order chi connectivity index (χ0) is 17.0. The summed E-state index contributed by atoms with van der Waals surface area (Å²) in [6, 6.07) is 8.29. The van der Waals surface area contributed by atoms with Crippen LogP contribution in [0.3, 0.4) is 0 Å². The predicted molar refractivity (Wildman–Crippen MR) is 89.8 cm³/mol. The van der Waals surface area contributed by atoms with E-state index in [-0.39, 0.29) is 5.56 Å². The lowest BCUT2D eigenvalue weighted by atomic mass is 10.0. The Morgan fingerprint density at radius 2 is 2.00 bits per heavy atom. The summed E-state index contributed by atoms with van der Waals surface area (Å²) >= 11 is 7.24. The highest BCUT2D eigenvalue weighted by Crippen LogP contribution is 2.29. The first-order chi connectivity index (χ1) is 10.8. The van der Waals surface area contributed by atoms with Crippen LogP contribution < -0.4 is 11.5 Å². The molecule has 10 heteroatoms. The van der Waals surface area contributed by atoms with Gasteiger partial charge in [-0.25, -0.2) is 0 Å². The van der Waals surface area contributed by atoms with Gasteiger partial charge in [-0.05, 0) is 28.4 Å². The van der Waals surface area contributed by atoms with E-state index in [2.05, 4.69) is 9.44 Å². The Hall–Kier alpha value is -2.10. The van der Waals surface area contributed by atoms with E-state index < -0.39 is 27.6 Å². The standard InChI is InChI=1S/C13H12ClN3O4S2/c14-12-5-10(6-22-12)8-2-1-3-9(4-8)11(18)7-23(19,20)21-17-13(15)16/h1-6H,7H2,(H4,15,16,17). The van der Waals surface area contributed by atoms with Crippen molar-refractivity contribution < 1.29 is 17.5 Å². The minimum atomic E-state index is -4.21. The number of benzene rings is 1. The van der Waals surface area contributed by atoms with Crippen LogP contribution in [-0.4, -0.2) is 25.9 Å². The van der Waals surface area contributed by atoms with Gasteiger partial charge >= 0.3 is 10.1 Å². The Labute approximate surface area is 141 Å². The Balaban J connectivity index is 2.19. The Bertz CT molecular complexity index is 858. The molecule has 0 fully saturated rings. The van der Waals surface area contributed by atoms with Crippen molar-refractivity contribution >= 4 is 44.8 Å². The molecule has 2 aromatic rings. The van der Waals surface area contributed by atoms with Gasteiger partial charge in [-0.2, -0.15) is 8.42 Å². The highest BCUT2D eigenvalue weighted by molar-refractivity contribution is 7.87. The highest BCUT2D eigenvalue weighted by Gasteiger charge is 2.20. The van der Waals surface area contributed by atoms with Crippen molar-refractivity contribution in [2.75, 3.05) is 5.75 Å². The Morgan fingerprint density at radius 3 is 2.61 bits per heavy atom. The number of hydrogen-bond donors (Lipinski definition) is 2. The van der Waals surface area contributed by atoms with Crippen molar-refractivity contribution in [2.45, 2.75) is 0 Å². The second-order valence-corrected chi connectivity index (χ2v) is 7.53. The number of hydrogen-bond acceptors (Lipinski definition) is 6. The normalized spacial score (nSPS) is 11.0. The van der Waals surface area contributed by atoms with Crippen LogP contribution in [0.2, 0.25) is 4.34 Å². The van der Waals surface area contributed by atoms with Crippen molar-refractivity contribution in [1.29, 1.82) is 0 Å². The molecule has 7 nitrogen and oxygen atoms in total. The number of ketones is 1. The summed E-state index contributed by atoms with van der Waals surface area (Å²) in [7, 11) is -4.21. The van der Waals surface area contributed by atoms with Crippen molar-refractivity contribution in [3.8, 4) is 11.1 Å². The van der Waals surface area contributed by atoms with E-state index in [0.29, 0.717) is 4.34 Å². The van der Waals surface area contributed by atoms with Gasteiger partial charge in [0.15, 0.2) is 11.5 Å². The third kappa shape index (κ3) is 4.95. The van der Waals surface area contributed by atoms with Crippen molar-refractivity contribution in [1.82, 2.24) is 0 Å². The zero-order valence-electron chi connectivity index (χ0n) is 11.6. The van der Waals surface area contributed by atoms with Crippen molar-refractivity contribution in [3.05, 3.63) is 45.6 Å². The van der Waals surface area contributed by atoms with Gasteiger partial charge in [-0.3, -0.25) is 9.08 Å². The Kier molecular flexibility index (Phi) is 5.24.